The lowest BCUT2D eigenvalue weighted by Gasteiger charge is -2.16. The van der Waals surface area contributed by atoms with Gasteiger partial charge in [-0.2, -0.15) is 13.2 Å². The Morgan fingerprint density at radius 3 is 2.25 bits per heavy atom. The van der Waals surface area contributed by atoms with Gasteiger partial charge in [0.05, 0.1) is 18.3 Å². The quantitative estimate of drug-likeness (QED) is 0.675. The molecule has 0 aromatic heterocycles. The van der Waals surface area contributed by atoms with Gasteiger partial charge in [-0.1, -0.05) is 31.2 Å². The third kappa shape index (κ3) is 6.38. The number of hydrogen-bond donors (Lipinski definition) is 3. The molecule has 2 amide bonds. The van der Waals surface area contributed by atoms with Gasteiger partial charge in [-0.25, -0.2) is 0 Å². The molecule has 0 spiro atoms. The number of alkyl halides is 3. The van der Waals surface area contributed by atoms with E-state index in [-0.39, 0.29) is 24.7 Å². The number of carbonyl (C=O) groups is 2. The van der Waals surface area contributed by atoms with Crippen molar-refractivity contribution in [2.45, 2.75) is 19.5 Å². The zero-order valence-corrected chi connectivity index (χ0v) is 15.7. The number of likely N-dealkylation sites (N-methyl/N-ethyl adjacent to an activating group) is 1. The minimum Gasteiger partial charge on any atom is -0.322 e. The number of quaternary nitrogens is 1. The van der Waals surface area contributed by atoms with Crippen molar-refractivity contribution in [1.29, 1.82) is 0 Å². The Labute approximate surface area is 161 Å². The van der Waals surface area contributed by atoms with Crippen LogP contribution in [0.15, 0.2) is 48.5 Å². The lowest BCUT2D eigenvalue weighted by Crippen LogP contribution is -3.11. The van der Waals surface area contributed by atoms with E-state index in [1.54, 1.807) is 13.1 Å². The first-order valence-electron chi connectivity index (χ1n) is 8.85. The summed E-state index contributed by atoms with van der Waals surface area (Å²) in [5.74, 6) is -0.885. The van der Waals surface area contributed by atoms with Gasteiger partial charge in [0.15, 0.2) is 13.1 Å². The minimum absolute atomic E-state index is 0.00465. The fraction of sp³-hybridized carbons (Fsp3) is 0.300. The summed E-state index contributed by atoms with van der Waals surface area (Å²) >= 11 is 0. The molecule has 0 fully saturated rings. The molecule has 5 nitrogen and oxygen atoms in total. The number of rotatable bonds is 7. The highest BCUT2D eigenvalue weighted by Gasteiger charge is 2.33. The summed E-state index contributed by atoms with van der Waals surface area (Å²) in [5, 5.41) is 5.03. The van der Waals surface area contributed by atoms with Crippen LogP contribution in [0.1, 0.15) is 18.1 Å². The zero-order valence-electron chi connectivity index (χ0n) is 15.7. The maximum absolute atomic E-state index is 13.0. The smallest absolute Gasteiger partial charge is 0.322 e. The number of anilines is 2. The predicted molar refractivity (Wildman–Crippen MR) is 101 cm³/mol. The van der Waals surface area contributed by atoms with E-state index in [0.717, 1.165) is 18.1 Å². The van der Waals surface area contributed by atoms with Crippen LogP contribution in [0.3, 0.4) is 0 Å². The van der Waals surface area contributed by atoms with E-state index in [2.05, 4.69) is 10.6 Å². The molecule has 150 valence electrons. The maximum atomic E-state index is 13.0. The first-order chi connectivity index (χ1) is 13.2. The molecule has 2 aromatic rings. The summed E-state index contributed by atoms with van der Waals surface area (Å²) in [6, 6.07) is 12.2. The lowest BCUT2D eigenvalue weighted by molar-refractivity contribution is -0.862. The molecule has 3 N–H and O–H groups in total. The molecule has 28 heavy (non-hydrogen) atoms. The van der Waals surface area contributed by atoms with Gasteiger partial charge in [-0.15, -0.1) is 0 Å². The zero-order chi connectivity index (χ0) is 20.7. The van der Waals surface area contributed by atoms with Crippen molar-refractivity contribution in [2.24, 2.45) is 0 Å². The van der Waals surface area contributed by atoms with Gasteiger partial charge in [0.1, 0.15) is 0 Å². The monoisotopic (exact) mass is 394 g/mol. The third-order valence-electron chi connectivity index (χ3n) is 4.05. The molecule has 0 heterocycles. The van der Waals surface area contributed by atoms with Crippen LogP contribution in [0.4, 0.5) is 24.5 Å². The molecule has 0 aliphatic heterocycles. The second-order valence-corrected chi connectivity index (χ2v) is 6.50. The molecule has 0 aliphatic rings. The predicted octanol–water partition coefficient (Wildman–Crippen LogP) is 2.36. The first kappa shape index (κ1) is 21.4. The standard InChI is InChI=1S/C20H22F3N3O2/c1-3-14-7-6-8-15(11-14)24-18(27)12-26(2)13-19(28)25-17-10-5-4-9-16(17)20(21,22)23/h4-11H,3,12-13H2,1-2H3,(H,24,27)(H,25,28)/p+1. The number of amides is 2. The van der Waals surface area contributed by atoms with Gasteiger partial charge in [0.25, 0.3) is 11.8 Å². The van der Waals surface area contributed by atoms with E-state index < -0.39 is 17.6 Å². The number of aryl methyl sites for hydroxylation is 1. The van der Waals surface area contributed by atoms with Crippen LogP contribution in [-0.2, 0) is 22.2 Å². The number of carbonyl (C=O) groups excluding carboxylic acids is 2. The van der Waals surface area contributed by atoms with E-state index in [1.807, 2.05) is 25.1 Å². The van der Waals surface area contributed by atoms with Crippen LogP contribution >= 0.6 is 0 Å². The van der Waals surface area contributed by atoms with Crippen LogP contribution in [0.25, 0.3) is 0 Å². The Morgan fingerprint density at radius 1 is 0.964 bits per heavy atom. The number of nitrogens with one attached hydrogen (secondary N) is 3. The van der Waals surface area contributed by atoms with Crippen molar-refractivity contribution in [2.75, 3.05) is 30.8 Å². The van der Waals surface area contributed by atoms with Crippen molar-refractivity contribution in [3.8, 4) is 0 Å². The van der Waals surface area contributed by atoms with Gasteiger partial charge in [-0.3, -0.25) is 9.59 Å². The van der Waals surface area contributed by atoms with Crippen LogP contribution < -0.4 is 15.5 Å². The average molecular weight is 394 g/mol. The van der Waals surface area contributed by atoms with Gasteiger partial charge in [-0.05, 0) is 36.2 Å². The first-order valence-corrected chi connectivity index (χ1v) is 8.85. The summed E-state index contributed by atoms with van der Waals surface area (Å²) in [7, 11) is 1.62. The summed E-state index contributed by atoms with van der Waals surface area (Å²) in [5.41, 5.74) is 0.546. The van der Waals surface area contributed by atoms with Gasteiger partial charge in [0.2, 0.25) is 0 Å². The summed E-state index contributed by atoms with van der Waals surface area (Å²) in [6.07, 6.45) is -3.72. The van der Waals surface area contributed by atoms with E-state index in [4.69, 9.17) is 0 Å². The summed E-state index contributed by atoms with van der Waals surface area (Å²) in [4.78, 5) is 24.8. The van der Waals surface area contributed by atoms with E-state index in [9.17, 15) is 22.8 Å². The molecule has 0 bridgehead atoms. The maximum Gasteiger partial charge on any atom is 0.418 e. The van der Waals surface area contributed by atoms with Crippen LogP contribution in [0.2, 0.25) is 0 Å². The average Bonchev–Trinajstić information content (AvgIpc) is 2.60. The normalized spacial score (nSPS) is 12.3. The summed E-state index contributed by atoms with van der Waals surface area (Å²) < 4.78 is 39.0. The fourth-order valence-corrected chi connectivity index (χ4v) is 2.72. The van der Waals surface area contributed by atoms with Crippen molar-refractivity contribution in [3.63, 3.8) is 0 Å². The fourth-order valence-electron chi connectivity index (χ4n) is 2.72. The minimum atomic E-state index is -4.56. The second kappa shape index (κ2) is 9.36. The van der Waals surface area contributed by atoms with Gasteiger partial charge >= 0.3 is 6.18 Å². The molecular weight excluding hydrogens is 371 g/mol. The Hall–Kier alpha value is -2.87. The molecule has 0 saturated carbocycles. The third-order valence-corrected chi connectivity index (χ3v) is 4.05. The number of para-hydroxylation sites is 1. The topological polar surface area (TPSA) is 62.6 Å². The molecule has 0 radical (unpaired) electrons. The van der Waals surface area contributed by atoms with E-state index in [0.29, 0.717) is 10.6 Å². The van der Waals surface area contributed by atoms with E-state index in [1.165, 1.54) is 18.2 Å². The molecule has 8 heteroatoms. The highest BCUT2D eigenvalue weighted by atomic mass is 19.4. The molecule has 0 saturated heterocycles. The van der Waals surface area contributed by atoms with Crippen LogP contribution in [0.5, 0.6) is 0 Å². The highest BCUT2D eigenvalue weighted by molar-refractivity contribution is 5.93. The van der Waals surface area contributed by atoms with Crippen molar-refractivity contribution >= 4 is 23.2 Å². The molecule has 0 aliphatic carbocycles. The number of halogens is 3. The largest absolute Gasteiger partial charge is 0.418 e. The molecule has 2 rings (SSSR count). The molecule has 1 atom stereocenters. The van der Waals surface area contributed by atoms with Crippen LogP contribution in [0, 0.1) is 0 Å². The van der Waals surface area contributed by atoms with Crippen LogP contribution in [-0.4, -0.2) is 32.0 Å². The van der Waals surface area contributed by atoms with Crippen molar-refractivity contribution in [3.05, 3.63) is 59.7 Å². The number of hydrogen-bond acceptors (Lipinski definition) is 2. The number of benzene rings is 2. The molecule has 2 aromatic carbocycles. The summed E-state index contributed by atoms with van der Waals surface area (Å²) in [6.45, 7) is 1.87. The molecular formula is C20H23F3N3O2+. The Bertz CT molecular complexity index is 837. The Morgan fingerprint density at radius 2 is 1.61 bits per heavy atom. The highest BCUT2D eigenvalue weighted by Crippen LogP contribution is 2.34. The second-order valence-electron chi connectivity index (χ2n) is 6.50. The van der Waals surface area contributed by atoms with E-state index >= 15 is 0 Å². The Kier molecular flexibility index (Phi) is 7.17. The van der Waals surface area contributed by atoms with Gasteiger partial charge in [0, 0.05) is 5.69 Å². The van der Waals surface area contributed by atoms with Crippen molar-refractivity contribution in [1.82, 2.24) is 0 Å². The van der Waals surface area contributed by atoms with Crippen molar-refractivity contribution < 1.29 is 27.7 Å². The Balaban J connectivity index is 1.90. The molecule has 1 unspecified atom stereocenters. The SMILES string of the molecule is CCc1cccc(NC(=O)C[NH+](C)CC(=O)Nc2ccccc2C(F)(F)F)c1. The van der Waals surface area contributed by atoms with Gasteiger partial charge < -0.3 is 15.5 Å². The lowest BCUT2D eigenvalue weighted by atomic mass is 10.1.